The van der Waals surface area contributed by atoms with Gasteiger partial charge in [0.05, 0.1) is 24.3 Å². The van der Waals surface area contributed by atoms with Crippen molar-refractivity contribution in [2.45, 2.75) is 31.9 Å². The number of piperidine rings is 1. The minimum atomic E-state index is -1.01. The molecule has 0 bridgehead atoms. The fourth-order valence-electron chi connectivity index (χ4n) is 4.39. The van der Waals surface area contributed by atoms with Gasteiger partial charge in [-0.2, -0.15) is 0 Å². The van der Waals surface area contributed by atoms with E-state index in [1.165, 1.54) is 0 Å². The summed E-state index contributed by atoms with van der Waals surface area (Å²) in [6.45, 7) is 2.58. The largest absolute Gasteiger partial charge is 0.445 e. The summed E-state index contributed by atoms with van der Waals surface area (Å²) in [5.74, 6) is -2.17. The van der Waals surface area contributed by atoms with E-state index in [9.17, 15) is 24.0 Å². The van der Waals surface area contributed by atoms with Crippen LogP contribution in [-0.4, -0.2) is 80.2 Å². The normalized spacial score (nSPS) is 16.5. The number of nitrogens with zero attached hydrogens (tertiary/aromatic N) is 1. The Kier molecular flexibility index (Phi) is 10.2. The summed E-state index contributed by atoms with van der Waals surface area (Å²) >= 11 is 0. The third-order valence-electron chi connectivity index (χ3n) is 6.34. The van der Waals surface area contributed by atoms with Crippen LogP contribution in [0, 0.1) is 0 Å². The molecule has 2 aliphatic rings. The van der Waals surface area contributed by atoms with E-state index in [1.54, 1.807) is 18.2 Å². The predicted octanol–water partition coefficient (Wildman–Crippen LogP) is 1.85. The lowest BCUT2D eigenvalue weighted by Crippen LogP contribution is -2.54. The van der Waals surface area contributed by atoms with Crippen molar-refractivity contribution in [3.8, 4) is 0 Å². The zero-order valence-electron chi connectivity index (χ0n) is 22.0. The average molecular weight is 553 g/mol. The third-order valence-corrected chi connectivity index (χ3v) is 6.34. The van der Waals surface area contributed by atoms with Crippen molar-refractivity contribution in [2.24, 2.45) is 0 Å². The fraction of sp³-hybridized carbons (Fsp3) is 0.393. The Hall–Kier alpha value is -4.29. The predicted molar refractivity (Wildman–Crippen MR) is 142 cm³/mol. The second kappa shape index (κ2) is 14.2. The van der Waals surface area contributed by atoms with Gasteiger partial charge < -0.3 is 24.8 Å². The molecule has 212 valence electrons. The Labute approximate surface area is 231 Å². The number of carbonyl (C=O) groups is 5. The first-order valence-electron chi connectivity index (χ1n) is 13.1. The van der Waals surface area contributed by atoms with Crippen LogP contribution in [0.1, 0.15) is 45.5 Å². The number of ether oxygens (including phenoxy) is 3. The Morgan fingerprint density at radius 3 is 2.40 bits per heavy atom. The van der Waals surface area contributed by atoms with Crippen molar-refractivity contribution in [1.29, 1.82) is 0 Å². The number of rotatable bonds is 14. The minimum Gasteiger partial charge on any atom is -0.445 e. The quantitative estimate of drug-likeness (QED) is 0.235. The summed E-state index contributed by atoms with van der Waals surface area (Å²) in [5.41, 5.74) is 1.82. The Morgan fingerprint density at radius 1 is 0.900 bits per heavy atom. The molecule has 40 heavy (non-hydrogen) atoms. The number of carbonyl (C=O) groups excluding carboxylic acids is 5. The van der Waals surface area contributed by atoms with E-state index in [-0.39, 0.29) is 30.6 Å². The van der Waals surface area contributed by atoms with Crippen LogP contribution < -0.4 is 16.0 Å². The molecule has 2 aliphatic heterocycles. The first kappa shape index (κ1) is 28.7. The second-order valence-corrected chi connectivity index (χ2v) is 9.17. The lowest BCUT2D eigenvalue weighted by atomic mass is 10.0. The van der Waals surface area contributed by atoms with Gasteiger partial charge in [-0.25, -0.2) is 4.79 Å². The molecule has 2 aromatic carbocycles. The van der Waals surface area contributed by atoms with Gasteiger partial charge in [0.2, 0.25) is 11.8 Å². The molecular formula is C28H32N4O8. The van der Waals surface area contributed by atoms with Crippen molar-refractivity contribution in [2.75, 3.05) is 44.8 Å². The Bertz CT molecular complexity index is 1240. The molecule has 1 atom stereocenters. The van der Waals surface area contributed by atoms with Crippen molar-refractivity contribution >= 4 is 35.4 Å². The molecule has 1 fully saturated rings. The number of fused-ring (bicyclic) bond motifs is 1. The van der Waals surface area contributed by atoms with Gasteiger partial charge in [0.25, 0.3) is 11.8 Å². The maximum atomic E-state index is 13.1. The molecule has 12 nitrogen and oxygen atoms in total. The van der Waals surface area contributed by atoms with Gasteiger partial charge in [-0.1, -0.05) is 36.4 Å². The lowest BCUT2D eigenvalue weighted by molar-refractivity contribution is -0.136. The highest BCUT2D eigenvalue weighted by molar-refractivity contribution is 6.25. The Balaban J connectivity index is 1.08. The average Bonchev–Trinajstić information content (AvgIpc) is 3.21. The number of imide groups is 2. The van der Waals surface area contributed by atoms with E-state index in [0.717, 1.165) is 10.5 Å². The molecule has 2 heterocycles. The van der Waals surface area contributed by atoms with Crippen LogP contribution >= 0.6 is 0 Å². The zero-order chi connectivity index (χ0) is 28.3. The minimum absolute atomic E-state index is 0.0675. The van der Waals surface area contributed by atoms with Gasteiger partial charge in [0.1, 0.15) is 12.6 Å². The van der Waals surface area contributed by atoms with Crippen LogP contribution in [-0.2, 0) is 30.4 Å². The highest BCUT2D eigenvalue weighted by Gasteiger charge is 2.45. The van der Waals surface area contributed by atoms with Gasteiger partial charge in [0, 0.05) is 38.4 Å². The molecule has 3 N–H and O–H groups in total. The molecule has 0 saturated carbocycles. The number of amides is 5. The van der Waals surface area contributed by atoms with Crippen LogP contribution in [0.5, 0.6) is 0 Å². The second-order valence-electron chi connectivity index (χ2n) is 9.17. The van der Waals surface area contributed by atoms with Crippen molar-refractivity contribution in [3.05, 3.63) is 65.2 Å². The van der Waals surface area contributed by atoms with Crippen molar-refractivity contribution in [3.63, 3.8) is 0 Å². The third kappa shape index (κ3) is 7.42. The lowest BCUT2D eigenvalue weighted by Gasteiger charge is -2.27. The fourth-order valence-corrected chi connectivity index (χ4v) is 4.39. The SMILES string of the molecule is O=C1CCC(N2C(=O)c3cccc(NCCOCCCOCCNC(=O)OCc4ccccc4)c3C2=O)C(=O)N1. The van der Waals surface area contributed by atoms with Gasteiger partial charge in [-0.3, -0.25) is 29.4 Å². The summed E-state index contributed by atoms with van der Waals surface area (Å²) in [5, 5.41) is 7.94. The van der Waals surface area contributed by atoms with Crippen molar-refractivity contribution in [1.82, 2.24) is 15.5 Å². The molecule has 12 heteroatoms. The molecule has 0 aliphatic carbocycles. The highest BCUT2D eigenvalue weighted by Crippen LogP contribution is 2.32. The standard InChI is InChI=1S/C28H32N4O8/c33-23-11-10-22(25(34)31-23)32-26(35)20-8-4-9-21(24(20)27(32)36)29-12-16-38-14-5-15-39-17-13-30-28(37)40-18-19-6-2-1-3-7-19/h1-4,6-9,22,29H,5,10-18H2,(H,30,37)(H,31,33,34). The zero-order valence-corrected chi connectivity index (χ0v) is 22.0. The van der Waals surface area contributed by atoms with Gasteiger partial charge in [-0.05, 0) is 30.5 Å². The molecular weight excluding hydrogens is 520 g/mol. The molecule has 1 unspecified atom stereocenters. The van der Waals surface area contributed by atoms with Crippen molar-refractivity contribution < 1.29 is 38.2 Å². The molecule has 2 aromatic rings. The van der Waals surface area contributed by atoms with Crippen LogP contribution in [0.3, 0.4) is 0 Å². The number of nitrogens with one attached hydrogen (secondary N) is 3. The molecule has 1 saturated heterocycles. The number of anilines is 1. The molecule has 4 rings (SSSR count). The molecule has 0 radical (unpaired) electrons. The number of hydrogen-bond donors (Lipinski definition) is 3. The summed E-state index contributed by atoms with van der Waals surface area (Å²) < 4.78 is 16.2. The van der Waals surface area contributed by atoms with E-state index in [2.05, 4.69) is 16.0 Å². The van der Waals surface area contributed by atoms with Crippen LogP contribution in [0.4, 0.5) is 10.5 Å². The summed E-state index contributed by atoms with van der Waals surface area (Å²) in [6, 6.07) is 13.3. The molecule has 5 amide bonds. The van der Waals surface area contributed by atoms with E-state index in [1.807, 2.05) is 30.3 Å². The molecule has 0 spiro atoms. The van der Waals surface area contributed by atoms with Gasteiger partial charge >= 0.3 is 6.09 Å². The van der Waals surface area contributed by atoms with Crippen LogP contribution in [0.15, 0.2) is 48.5 Å². The van der Waals surface area contributed by atoms with E-state index < -0.39 is 35.8 Å². The summed E-state index contributed by atoms with van der Waals surface area (Å²) in [6.07, 6.45) is 0.335. The smallest absolute Gasteiger partial charge is 0.407 e. The molecule has 0 aromatic heterocycles. The maximum absolute atomic E-state index is 13.1. The first-order valence-corrected chi connectivity index (χ1v) is 13.1. The van der Waals surface area contributed by atoms with E-state index in [4.69, 9.17) is 14.2 Å². The maximum Gasteiger partial charge on any atom is 0.407 e. The number of hydrogen-bond acceptors (Lipinski definition) is 9. The number of benzene rings is 2. The van der Waals surface area contributed by atoms with Crippen LogP contribution in [0.25, 0.3) is 0 Å². The highest BCUT2D eigenvalue weighted by atomic mass is 16.5. The van der Waals surface area contributed by atoms with E-state index in [0.29, 0.717) is 51.6 Å². The van der Waals surface area contributed by atoms with E-state index >= 15 is 0 Å². The Morgan fingerprint density at radius 2 is 1.65 bits per heavy atom. The first-order chi connectivity index (χ1) is 19.5. The van der Waals surface area contributed by atoms with Gasteiger partial charge in [-0.15, -0.1) is 0 Å². The monoisotopic (exact) mass is 552 g/mol. The summed E-state index contributed by atoms with van der Waals surface area (Å²) in [7, 11) is 0. The van der Waals surface area contributed by atoms with Gasteiger partial charge in [0.15, 0.2) is 0 Å². The number of alkyl carbamates (subject to hydrolysis) is 1. The summed E-state index contributed by atoms with van der Waals surface area (Å²) in [4.78, 5) is 62.3. The van der Waals surface area contributed by atoms with Crippen LogP contribution in [0.2, 0.25) is 0 Å². The topological polar surface area (TPSA) is 152 Å².